The van der Waals surface area contributed by atoms with Gasteiger partial charge in [-0.05, 0) is 44.2 Å². The van der Waals surface area contributed by atoms with Crippen LogP contribution >= 0.6 is 0 Å². The third-order valence-corrected chi connectivity index (χ3v) is 4.66. The van der Waals surface area contributed by atoms with Crippen LogP contribution in [0.2, 0.25) is 0 Å². The van der Waals surface area contributed by atoms with Crippen LogP contribution in [0.15, 0.2) is 60.7 Å². The summed E-state index contributed by atoms with van der Waals surface area (Å²) in [5.41, 5.74) is 2.54. The molecule has 0 unspecified atom stereocenters. The predicted octanol–water partition coefficient (Wildman–Crippen LogP) is 5.14. The number of hydrogen-bond donors (Lipinski definition) is 0. The van der Waals surface area contributed by atoms with E-state index in [1.165, 1.54) is 11.1 Å². The monoisotopic (exact) mass is 354 g/mol. The SMILES string of the molecule is CC1(C)O[C@H](Cc2ccccc2)C[C@H](CCCOCc2ccccc2)O1. The molecule has 1 heterocycles. The lowest BCUT2D eigenvalue weighted by molar-refractivity contribution is -0.300. The van der Waals surface area contributed by atoms with E-state index in [1.54, 1.807) is 0 Å². The fourth-order valence-corrected chi connectivity index (χ4v) is 3.58. The molecule has 0 N–H and O–H groups in total. The highest BCUT2D eigenvalue weighted by Gasteiger charge is 2.35. The average molecular weight is 354 g/mol. The molecule has 3 heteroatoms. The number of benzene rings is 2. The quantitative estimate of drug-likeness (QED) is 0.615. The van der Waals surface area contributed by atoms with Crippen molar-refractivity contribution in [1.82, 2.24) is 0 Å². The topological polar surface area (TPSA) is 27.7 Å². The molecule has 1 saturated heterocycles. The van der Waals surface area contributed by atoms with Crippen LogP contribution < -0.4 is 0 Å². The molecule has 0 aliphatic carbocycles. The predicted molar refractivity (Wildman–Crippen MR) is 104 cm³/mol. The maximum absolute atomic E-state index is 6.14. The van der Waals surface area contributed by atoms with Crippen molar-refractivity contribution in [2.75, 3.05) is 6.61 Å². The molecule has 0 saturated carbocycles. The number of rotatable bonds is 8. The average Bonchev–Trinajstić information content (AvgIpc) is 2.62. The summed E-state index contributed by atoms with van der Waals surface area (Å²) in [5.74, 6) is -0.521. The Labute approximate surface area is 157 Å². The van der Waals surface area contributed by atoms with E-state index in [-0.39, 0.29) is 12.2 Å². The molecule has 0 spiro atoms. The Kier molecular flexibility index (Phi) is 6.84. The van der Waals surface area contributed by atoms with Crippen molar-refractivity contribution in [3.05, 3.63) is 71.8 Å². The van der Waals surface area contributed by atoms with Crippen molar-refractivity contribution >= 4 is 0 Å². The van der Waals surface area contributed by atoms with E-state index in [0.29, 0.717) is 6.61 Å². The normalized spacial score (nSPS) is 22.2. The summed E-state index contributed by atoms with van der Waals surface area (Å²) < 4.78 is 18.1. The Morgan fingerprint density at radius 3 is 2.19 bits per heavy atom. The van der Waals surface area contributed by atoms with Gasteiger partial charge in [0.2, 0.25) is 0 Å². The second kappa shape index (κ2) is 9.31. The molecular formula is C23H30O3. The summed E-state index contributed by atoms with van der Waals surface area (Å²) in [5, 5.41) is 0. The smallest absolute Gasteiger partial charge is 0.163 e. The zero-order valence-corrected chi connectivity index (χ0v) is 15.9. The van der Waals surface area contributed by atoms with E-state index < -0.39 is 5.79 Å². The van der Waals surface area contributed by atoms with Gasteiger partial charge in [0.05, 0.1) is 18.8 Å². The standard InChI is InChI=1S/C23H30O3/c1-23(2)25-21(14-9-15-24-18-20-12-7-4-8-13-20)17-22(26-23)16-19-10-5-3-6-11-19/h3-8,10-13,21-22H,9,14-18H2,1-2H3/t21-,22+/m0/s1. The summed E-state index contributed by atoms with van der Waals surface area (Å²) in [7, 11) is 0. The van der Waals surface area contributed by atoms with Crippen LogP contribution in [0.25, 0.3) is 0 Å². The Bertz CT molecular complexity index is 639. The van der Waals surface area contributed by atoms with Crippen LogP contribution in [0.4, 0.5) is 0 Å². The van der Waals surface area contributed by atoms with E-state index in [9.17, 15) is 0 Å². The van der Waals surface area contributed by atoms with Gasteiger partial charge in [0.15, 0.2) is 5.79 Å². The fraction of sp³-hybridized carbons (Fsp3) is 0.478. The molecular weight excluding hydrogens is 324 g/mol. The van der Waals surface area contributed by atoms with Crippen LogP contribution in [0.3, 0.4) is 0 Å². The van der Waals surface area contributed by atoms with E-state index in [0.717, 1.165) is 32.3 Å². The van der Waals surface area contributed by atoms with Crippen LogP contribution in [0.1, 0.15) is 44.2 Å². The highest BCUT2D eigenvalue weighted by atomic mass is 16.7. The molecule has 3 nitrogen and oxygen atoms in total. The first-order chi connectivity index (χ1) is 12.6. The van der Waals surface area contributed by atoms with Gasteiger partial charge in [0.25, 0.3) is 0 Å². The molecule has 1 aliphatic rings. The number of ether oxygens (including phenoxy) is 3. The molecule has 0 bridgehead atoms. The first kappa shape index (κ1) is 19.1. The summed E-state index contributed by atoms with van der Waals surface area (Å²) in [6.45, 7) is 5.48. The lowest BCUT2D eigenvalue weighted by atomic mass is 9.98. The van der Waals surface area contributed by atoms with Gasteiger partial charge in [0, 0.05) is 13.0 Å². The number of hydrogen-bond acceptors (Lipinski definition) is 3. The van der Waals surface area contributed by atoms with E-state index >= 15 is 0 Å². The first-order valence-corrected chi connectivity index (χ1v) is 9.62. The molecule has 26 heavy (non-hydrogen) atoms. The van der Waals surface area contributed by atoms with E-state index in [2.05, 4.69) is 42.5 Å². The van der Waals surface area contributed by atoms with E-state index in [1.807, 2.05) is 32.0 Å². The minimum atomic E-state index is -0.521. The largest absolute Gasteiger partial charge is 0.377 e. The Morgan fingerprint density at radius 1 is 0.885 bits per heavy atom. The molecule has 0 amide bonds. The van der Waals surface area contributed by atoms with Crippen molar-refractivity contribution in [2.45, 2.75) is 64.1 Å². The van der Waals surface area contributed by atoms with Gasteiger partial charge >= 0.3 is 0 Å². The van der Waals surface area contributed by atoms with Crippen LogP contribution in [-0.4, -0.2) is 24.6 Å². The highest BCUT2D eigenvalue weighted by molar-refractivity contribution is 5.16. The second-order valence-electron chi connectivity index (χ2n) is 7.49. The minimum absolute atomic E-state index is 0.205. The zero-order valence-electron chi connectivity index (χ0n) is 15.9. The van der Waals surface area contributed by atoms with Crippen molar-refractivity contribution in [3.8, 4) is 0 Å². The van der Waals surface area contributed by atoms with Crippen LogP contribution in [0, 0.1) is 0 Å². The maximum Gasteiger partial charge on any atom is 0.163 e. The molecule has 1 aliphatic heterocycles. The van der Waals surface area contributed by atoms with Crippen molar-refractivity contribution in [2.24, 2.45) is 0 Å². The Balaban J connectivity index is 1.42. The van der Waals surface area contributed by atoms with Gasteiger partial charge in [-0.3, -0.25) is 0 Å². The fourth-order valence-electron chi connectivity index (χ4n) is 3.58. The maximum atomic E-state index is 6.14. The van der Waals surface area contributed by atoms with Gasteiger partial charge < -0.3 is 14.2 Å². The molecule has 2 atom stereocenters. The third kappa shape index (κ3) is 6.24. The van der Waals surface area contributed by atoms with Gasteiger partial charge in [0.1, 0.15) is 0 Å². The molecule has 1 fully saturated rings. The molecule has 3 rings (SSSR count). The lowest BCUT2D eigenvalue weighted by Gasteiger charge is -2.41. The highest BCUT2D eigenvalue weighted by Crippen LogP contribution is 2.30. The zero-order chi connectivity index (χ0) is 18.2. The minimum Gasteiger partial charge on any atom is -0.377 e. The molecule has 140 valence electrons. The second-order valence-corrected chi connectivity index (χ2v) is 7.49. The van der Waals surface area contributed by atoms with Gasteiger partial charge in [-0.2, -0.15) is 0 Å². The van der Waals surface area contributed by atoms with Gasteiger partial charge in [-0.1, -0.05) is 60.7 Å². The van der Waals surface area contributed by atoms with Crippen LogP contribution in [0.5, 0.6) is 0 Å². The summed E-state index contributed by atoms with van der Waals surface area (Å²) in [4.78, 5) is 0. The summed E-state index contributed by atoms with van der Waals surface area (Å²) >= 11 is 0. The van der Waals surface area contributed by atoms with Crippen molar-refractivity contribution < 1.29 is 14.2 Å². The van der Waals surface area contributed by atoms with Crippen LogP contribution in [-0.2, 0) is 27.2 Å². The summed E-state index contributed by atoms with van der Waals surface area (Å²) in [6, 6.07) is 20.9. The van der Waals surface area contributed by atoms with Crippen molar-refractivity contribution in [1.29, 1.82) is 0 Å². The van der Waals surface area contributed by atoms with Crippen molar-refractivity contribution in [3.63, 3.8) is 0 Å². The Morgan fingerprint density at radius 2 is 1.50 bits per heavy atom. The molecule has 0 radical (unpaired) electrons. The molecule has 0 aromatic heterocycles. The van der Waals surface area contributed by atoms with Gasteiger partial charge in [-0.25, -0.2) is 0 Å². The van der Waals surface area contributed by atoms with E-state index in [4.69, 9.17) is 14.2 Å². The lowest BCUT2D eigenvalue weighted by Crippen LogP contribution is -2.45. The molecule has 2 aromatic rings. The third-order valence-electron chi connectivity index (χ3n) is 4.66. The first-order valence-electron chi connectivity index (χ1n) is 9.62. The Hall–Kier alpha value is -1.68. The summed E-state index contributed by atoms with van der Waals surface area (Å²) in [6.07, 6.45) is 4.33. The molecule has 2 aromatic carbocycles. The van der Waals surface area contributed by atoms with Gasteiger partial charge in [-0.15, -0.1) is 0 Å².